The van der Waals surface area contributed by atoms with E-state index in [1.165, 1.54) is 7.11 Å². The highest BCUT2D eigenvalue weighted by molar-refractivity contribution is 14.1. The van der Waals surface area contributed by atoms with Crippen LogP contribution in [0.2, 0.25) is 0 Å². The van der Waals surface area contributed by atoms with Crippen molar-refractivity contribution in [3.05, 3.63) is 35.4 Å². The Hall–Kier alpha value is -1.31. The molecule has 0 spiro atoms. The molecule has 1 aromatic carbocycles. The molecule has 1 aliphatic rings. The quantitative estimate of drug-likeness (QED) is 0.460. The highest BCUT2D eigenvalue weighted by Gasteiger charge is 2.30. The van der Waals surface area contributed by atoms with Crippen LogP contribution in [-0.2, 0) is 16.0 Å². The lowest BCUT2D eigenvalue weighted by Gasteiger charge is -2.12. The lowest BCUT2D eigenvalue weighted by atomic mass is 10.1. The van der Waals surface area contributed by atoms with Crippen molar-refractivity contribution in [2.24, 2.45) is 0 Å². The maximum Gasteiger partial charge on any atom is 0.410 e. The van der Waals surface area contributed by atoms with Crippen LogP contribution in [-0.4, -0.2) is 41.1 Å². The van der Waals surface area contributed by atoms with E-state index in [2.05, 4.69) is 27.3 Å². The number of hydrogen-bond acceptors (Lipinski definition) is 4. The van der Waals surface area contributed by atoms with Crippen molar-refractivity contribution in [1.29, 1.82) is 0 Å². The standard InChI is InChI=1S/C13H14INO4/c1-18-12(16)10-4-2-9(3-5-10)7-15-8-11(6-14)19-13(15)17/h2-5,11H,6-8H2,1H3. The number of alkyl halides is 1. The molecule has 6 heteroatoms. The van der Waals surface area contributed by atoms with Gasteiger partial charge in [0.05, 0.1) is 19.2 Å². The summed E-state index contributed by atoms with van der Waals surface area (Å²) < 4.78 is 10.6. The van der Waals surface area contributed by atoms with Gasteiger partial charge in [-0.1, -0.05) is 34.7 Å². The fraction of sp³-hybridized carbons (Fsp3) is 0.385. The third-order valence-electron chi connectivity index (χ3n) is 2.87. The van der Waals surface area contributed by atoms with Gasteiger partial charge in [0, 0.05) is 11.0 Å². The fourth-order valence-corrected chi connectivity index (χ4v) is 2.33. The topological polar surface area (TPSA) is 55.8 Å². The first kappa shape index (κ1) is 14.1. The van der Waals surface area contributed by atoms with Crippen LogP contribution in [0.5, 0.6) is 0 Å². The zero-order valence-electron chi connectivity index (χ0n) is 10.5. The smallest absolute Gasteiger partial charge is 0.410 e. The first-order valence-electron chi connectivity index (χ1n) is 5.83. The van der Waals surface area contributed by atoms with Crippen LogP contribution in [0.4, 0.5) is 4.79 Å². The van der Waals surface area contributed by atoms with Crippen molar-refractivity contribution >= 4 is 34.7 Å². The summed E-state index contributed by atoms with van der Waals surface area (Å²) in [6, 6.07) is 7.02. The molecule has 1 atom stereocenters. The summed E-state index contributed by atoms with van der Waals surface area (Å²) in [7, 11) is 1.35. The average Bonchev–Trinajstić information content (AvgIpc) is 2.79. The second-order valence-electron chi connectivity index (χ2n) is 4.23. The summed E-state index contributed by atoms with van der Waals surface area (Å²) in [6.45, 7) is 1.11. The third-order valence-corrected chi connectivity index (χ3v) is 3.85. The van der Waals surface area contributed by atoms with Crippen LogP contribution >= 0.6 is 22.6 Å². The summed E-state index contributed by atoms with van der Waals surface area (Å²) in [5.41, 5.74) is 1.46. The predicted molar refractivity (Wildman–Crippen MR) is 77.3 cm³/mol. The minimum absolute atomic E-state index is 0.0255. The second-order valence-corrected chi connectivity index (χ2v) is 5.11. The minimum atomic E-state index is -0.364. The molecular weight excluding hydrogens is 361 g/mol. The van der Waals surface area contributed by atoms with Crippen LogP contribution in [0, 0.1) is 0 Å². The van der Waals surface area contributed by atoms with Gasteiger partial charge in [0.15, 0.2) is 0 Å². The van der Waals surface area contributed by atoms with Crippen molar-refractivity contribution in [3.8, 4) is 0 Å². The van der Waals surface area contributed by atoms with Gasteiger partial charge in [0.25, 0.3) is 0 Å². The molecule has 1 heterocycles. The summed E-state index contributed by atoms with van der Waals surface area (Å²) in [6.07, 6.45) is -0.304. The molecule has 0 N–H and O–H groups in total. The fourth-order valence-electron chi connectivity index (χ4n) is 1.87. The molecule has 1 aliphatic heterocycles. The molecule has 0 bridgehead atoms. The molecule has 0 aliphatic carbocycles. The molecule has 5 nitrogen and oxygen atoms in total. The van der Waals surface area contributed by atoms with Gasteiger partial charge in [0.1, 0.15) is 6.10 Å². The summed E-state index contributed by atoms with van der Waals surface area (Å²) in [4.78, 5) is 24.6. The highest BCUT2D eigenvalue weighted by atomic mass is 127. The van der Waals surface area contributed by atoms with E-state index in [9.17, 15) is 9.59 Å². The summed E-state index contributed by atoms with van der Waals surface area (Å²) in [5, 5.41) is 0. The maximum atomic E-state index is 11.6. The third kappa shape index (κ3) is 3.37. The molecular formula is C13H14INO4. The number of carbonyl (C=O) groups excluding carboxylic acids is 2. The van der Waals surface area contributed by atoms with Gasteiger partial charge >= 0.3 is 12.1 Å². The predicted octanol–water partition coefficient (Wildman–Crippen LogP) is 2.23. The van der Waals surface area contributed by atoms with Crippen LogP contribution in [0.15, 0.2) is 24.3 Å². The largest absolute Gasteiger partial charge is 0.465 e. The number of cyclic esters (lactones) is 1. The average molecular weight is 375 g/mol. The van der Waals surface area contributed by atoms with Gasteiger partial charge < -0.3 is 14.4 Å². The number of esters is 1. The lowest BCUT2D eigenvalue weighted by molar-refractivity contribution is 0.0600. The van der Waals surface area contributed by atoms with E-state index in [4.69, 9.17) is 4.74 Å². The Kier molecular flexibility index (Phi) is 4.62. The minimum Gasteiger partial charge on any atom is -0.465 e. The first-order chi connectivity index (χ1) is 9.13. The molecule has 1 saturated heterocycles. The van der Waals surface area contributed by atoms with Gasteiger partial charge in [-0.2, -0.15) is 0 Å². The Balaban J connectivity index is 2.00. The number of methoxy groups -OCH3 is 1. The van der Waals surface area contributed by atoms with Crippen molar-refractivity contribution in [1.82, 2.24) is 4.90 Å². The van der Waals surface area contributed by atoms with Crippen molar-refractivity contribution in [2.45, 2.75) is 12.6 Å². The number of nitrogens with zero attached hydrogens (tertiary/aromatic N) is 1. The Labute approximate surface area is 125 Å². The Morgan fingerprint density at radius 3 is 2.68 bits per heavy atom. The molecule has 19 heavy (non-hydrogen) atoms. The van der Waals surface area contributed by atoms with Crippen LogP contribution in [0.25, 0.3) is 0 Å². The number of amides is 1. The summed E-state index contributed by atoms with van der Waals surface area (Å²) >= 11 is 2.20. The number of carbonyl (C=O) groups is 2. The van der Waals surface area contributed by atoms with Crippen molar-refractivity contribution < 1.29 is 19.1 Å². The molecule has 1 unspecified atom stereocenters. The zero-order valence-corrected chi connectivity index (χ0v) is 12.6. The zero-order chi connectivity index (χ0) is 13.8. The molecule has 0 saturated carbocycles. The van der Waals surface area contributed by atoms with E-state index < -0.39 is 0 Å². The van der Waals surface area contributed by atoms with Crippen molar-refractivity contribution in [3.63, 3.8) is 0 Å². The van der Waals surface area contributed by atoms with Gasteiger partial charge in [-0.3, -0.25) is 0 Å². The maximum absolute atomic E-state index is 11.6. The SMILES string of the molecule is COC(=O)c1ccc(CN2CC(CI)OC2=O)cc1. The number of ether oxygens (including phenoxy) is 2. The van der Waals surface area contributed by atoms with E-state index in [1.54, 1.807) is 17.0 Å². The molecule has 0 radical (unpaired) electrons. The van der Waals surface area contributed by atoms with E-state index in [-0.39, 0.29) is 18.2 Å². The van der Waals surface area contributed by atoms with Gasteiger partial charge in [-0.05, 0) is 17.7 Å². The monoisotopic (exact) mass is 375 g/mol. The van der Waals surface area contributed by atoms with Crippen LogP contribution in [0.1, 0.15) is 15.9 Å². The second kappa shape index (κ2) is 6.23. The number of benzene rings is 1. The number of rotatable bonds is 4. The Morgan fingerprint density at radius 2 is 2.16 bits per heavy atom. The van der Waals surface area contributed by atoms with Crippen molar-refractivity contribution in [2.75, 3.05) is 18.1 Å². The normalized spacial score (nSPS) is 18.3. The molecule has 1 amide bonds. The number of hydrogen-bond donors (Lipinski definition) is 0. The highest BCUT2D eigenvalue weighted by Crippen LogP contribution is 2.17. The first-order valence-corrected chi connectivity index (χ1v) is 7.35. The summed E-state index contributed by atoms with van der Waals surface area (Å²) in [5.74, 6) is -0.364. The van der Waals surface area contributed by atoms with E-state index in [0.717, 1.165) is 9.99 Å². The van der Waals surface area contributed by atoms with E-state index in [1.807, 2.05) is 12.1 Å². The van der Waals surface area contributed by atoms with Gasteiger partial charge in [-0.15, -0.1) is 0 Å². The molecule has 0 aromatic heterocycles. The Morgan fingerprint density at radius 1 is 1.47 bits per heavy atom. The van der Waals surface area contributed by atoms with Crippen LogP contribution < -0.4 is 0 Å². The number of halogens is 1. The van der Waals surface area contributed by atoms with Gasteiger partial charge in [0.2, 0.25) is 0 Å². The lowest BCUT2D eigenvalue weighted by Crippen LogP contribution is -2.24. The molecule has 1 fully saturated rings. The Bertz CT molecular complexity index is 474. The molecule has 102 valence electrons. The molecule has 1 aromatic rings. The van der Waals surface area contributed by atoms with Gasteiger partial charge in [-0.25, -0.2) is 9.59 Å². The van der Waals surface area contributed by atoms with E-state index >= 15 is 0 Å². The van der Waals surface area contributed by atoms with E-state index in [0.29, 0.717) is 18.7 Å². The van der Waals surface area contributed by atoms with Crippen LogP contribution in [0.3, 0.4) is 0 Å². The molecule has 2 rings (SSSR count).